The van der Waals surface area contributed by atoms with Crippen molar-refractivity contribution in [3.05, 3.63) is 41.7 Å². The summed E-state index contributed by atoms with van der Waals surface area (Å²) in [6.07, 6.45) is 5.70. The highest BCUT2D eigenvalue weighted by atomic mass is 16.5. The van der Waals surface area contributed by atoms with E-state index in [4.69, 9.17) is 4.74 Å². The highest BCUT2D eigenvalue weighted by molar-refractivity contribution is 5.46. The van der Waals surface area contributed by atoms with Gasteiger partial charge in [-0.15, -0.1) is 0 Å². The highest BCUT2D eigenvalue weighted by Gasteiger charge is 2.13. The van der Waals surface area contributed by atoms with E-state index in [1.165, 1.54) is 24.1 Å². The number of rotatable bonds is 4. The number of hydrogen-bond acceptors (Lipinski definition) is 2. The van der Waals surface area contributed by atoms with Crippen LogP contribution in [-0.2, 0) is 4.74 Å². The Labute approximate surface area is 104 Å². The van der Waals surface area contributed by atoms with Crippen molar-refractivity contribution in [2.75, 3.05) is 11.9 Å². The fraction of sp³-hybridized carbons (Fsp3) is 0.467. The van der Waals surface area contributed by atoms with Gasteiger partial charge in [0.05, 0.1) is 12.4 Å². The van der Waals surface area contributed by atoms with Crippen molar-refractivity contribution in [3.63, 3.8) is 0 Å². The summed E-state index contributed by atoms with van der Waals surface area (Å²) in [6, 6.07) is 8.96. The molecule has 0 saturated heterocycles. The second-order valence-electron chi connectivity index (χ2n) is 4.58. The first-order valence-electron chi connectivity index (χ1n) is 6.44. The van der Waals surface area contributed by atoms with Crippen molar-refractivity contribution < 1.29 is 4.74 Å². The molecule has 1 aromatic carbocycles. The van der Waals surface area contributed by atoms with E-state index in [-0.39, 0.29) is 0 Å². The minimum absolute atomic E-state index is 0.410. The van der Waals surface area contributed by atoms with Gasteiger partial charge in [-0.1, -0.05) is 17.7 Å². The number of anilines is 1. The number of benzene rings is 1. The van der Waals surface area contributed by atoms with Crippen LogP contribution in [0.3, 0.4) is 0 Å². The molecule has 0 radical (unpaired) electrons. The molecule has 1 unspecified atom stereocenters. The zero-order valence-electron chi connectivity index (χ0n) is 10.7. The Balaban J connectivity index is 1.98. The molecule has 1 aromatic rings. The van der Waals surface area contributed by atoms with Crippen molar-refractivity contribution in [1.29, 1.82) is 0 Å². The molecule has 0 bridgehead atoms. The molecular weight excluding hydrogens is 210 g/mol. The van der Waals surface area contributed by atoms with Crippen LogP contribution in [0.5, 0.6) is 0 Å². The lowest BCUT2D eigenvalue weighted by atomic mass is 10.0. The van der Waals surface area contributed by atoms with Gasteiger partial charge in [-0.3, -0.25) is 0 Å². The van der Waals surface area contributed by atoms with Gasteiger partial charge in [0, 0.05) is 18.2 Å². The van der Waals surface area contributed by atoms with Crippen LogP contribution in [0.4, 0.5) is 5.69 Å². The third kappa shape index (κ3) is 3.52. The summed E-state index contributed by atoms with van der Waals surface area (Å²) in [5.74, 6) is 1.14. The molecule has 0 aliphatic heterocycles. The van der Waals surface area contributed by atoms with Crippen LogP contribution in [0, 0.1) is 6.92 Å². The van der Waals surface area contributed by atoms with Gasteiger partial charge in [-0.05, 0) is 44.9 Å². The average Bonchev–Trinajstić information content (AvgIpc) is 2.33. The fourth-order valence-corrected chi connectivity index (χ4v) is 2.17. The first-order valence-corrected chi connectivity index (χ1v) is 6.44. The summed E-state index contributed by atoms with van der Waals surface area (Å²) in [5, 5.41) is 3.54. The minimum atomic E-state index is 0.410. The van der Waals surface area contributed by atoms with E-state index in [0.717, 1.165) is 18.8 Å². The smallest absolute Gasteiger partial charge is 0.0940 e. The molecule has 2 heteroatoms. The molecule has 0 fully saturated rings. The van der Waals surface area contributed by atoms with E-state index in [9.17, 15) is 0 Å². The topological polar surface area (TPSA) is 21.3 Å². The maximum absolute atomic E-state index is 5.59. The Kier molecular flexibility index (Phi) is 4.08. The van der Waals surface area contributed by atoms with E-state index in [1.807, 2.05) is 6.92 Å². The Morgan fingerprint density at radius 1 is 1.29 bits per heavy atom. The molecule has 0 spiro atoms. The largest absolute Gasteiger partial charge is 0.498 e. The minimum Gasteiger partial charge on any atom is -0.498 e. The monoisotopic (exact) mass is 231 g/mol. The molecular formula is C15H21NO. The van der Waals surface area contributed by atoms with Gasteiger partial charge >= 0.3 is 0 Å². The number of aryl methyl sites for hydroxylation is 1. The van der Waals surface area contributed by atoms with Crippen molar-refractivity contribution in [3.8, 4) is 0 Å². The summed E-state index contributed by atoms with van der Waals surface area (Å²) in [7, 11) is 0. The Hall–Kier alpha value is -1.44. The maximum Gasteiger partial charge on any atom is 0.0940 e. The predicted octanol–water partition coefficient (Wildman–Crippen LogP) is 3.88. The Bertz CT molecular complexity index is 380. The van der Waals surface area contributed by atoms with Gasteiger partial charge in [0.1, 0.15) is 0 Å². The van der Waals surface area contributed by atoms with Gasteiger partial charge in [0.2, 0.25) is 0 Å². The first-order chi connectivity index (χ1) is 8.28. The highest BCUT2D eigenvalue weighted by Crippen LogP contribution is 2.22. The van der Waals surface area contributed by atoms with E-state index in [0.29, 0.717) is 6.04 Å². The van der Waals surface area contributed by atoms with Crippen LogP contribution >= 0.6 is 0 Å². The molecule has 2 rings (SSSR count). The molecule has 2 nitrogen and oxygen atoms in total. The van der Waals surface area contributed by atoms with Crippen molar-refractivity contribution in [2.45, 2.75) is 39.2 Å². The normalized spacial score (nSPS) is 19.6. The number of hydrogen-bond donors (Lipinski definition) is 1. The summed E-state index contributed by atoms with van der Waals surface area (Å²) >= 11 is 0. The van der Waals surface area contributed by atoms with Crippen LogP contribution in [0.25, 0.3) is 0 Å². The molecule has 0 heterocycles. The van der Waals surface area contributed by atoms with Gasteiger partial charge < -0.3 is 10.1 Å². The summed E-state index contributed by atoms with van der Waals surface area (Å²) < 4.78 is 5.59. The molecule has 1 atom stereocenters. The van der Waals surface area contributed by atoms with Gasteiger partial charge in [0.15, 0.2) is 0 Å². The average molecular weight is 231 g/mol. The standard InChI is InChI=1S/C15H21NO/c1-3-17-15-6-4-5-14(11-15)16-13-9-7-12(2)8-10-13/h7-11,14,16H,3-6H2,1-2H3. The van der Waals surface area contributed by atoms with Gasteiger partial charge in [-0.25, -0.2) is 0 Å². The molecule has 1 aliphatic carbocycles. The molecule has 17 heavy (non-hydrogen) atoms. The third-order valence-electron chi connectivity index (χ3n) is 3.06. The third-order valence-corrected chi connectivity index (χ3v) is 3.06. The summed E-state index contributed by atoms with van der Waals surface area (Å²) in [4.78, 5) is 0. The van der Waals surface area contributed by atoms with Crippen molar-refractivity contribution >= 4 is 5.69 Å². The number of nitrogens with one attached hydrogen (secondary N) is 1. The summed E-state index contributed by atoms with van der Waals surface area (Å²) in [5.41, 5.74) is 2.49. The van der Waals surface area contributed by atoms with Crippen molar-refractivity contribution in [2.24, 2.45) is 0 Å². The van der Waals surface area contributed by atoms with Crippen LogP contribution < -0.4 is 5.32 Å². The van der Waals surface area contributed by atoms with E-state index < -0.39 is 0 Å². The van der Waals surface area contributed by atoms with E-state index >= 15 is 0 Å². The summed E-state index contributed by atoms with van der Waals surface area (Å²) in [6.45, 7) is 4.92. The Morgan fingerprint density at radius 2 is 2.06 bits per heavy atom. The first kappa shape index (κ1) is 12.0. The number of allylic oxidation sites excluding steroid dienone is 1. The molecule has 0 aromatic heterocycles. The lowest BCUT2D eigenvalue weighted by Crippen LogP contribution is -2.21. The zero-order chi connectivity index (χ0) is 12.1. The number of ether oxygens (including phenoxy) is 1. The van der Waals surface area contributed by atoms with Crippen LogP contribution in [-0.4, -0.2) is 12.6 Å². The molecule has 0 amide bonds. The molecule has 92 valence electrons. The van der Waals surface area contributed by atoms with Crippen LogP contribution in [0.1, 0.15) is 31.7 Å². The predicted molar refractivity (Wildman–Crippen MR) is 72.1 cm³/mol. The second-order valence-corrected chi connectivity index (χ2v) is 4.58. The van der Waals surface area contributed by atoms with Gasteiger partial charge in [0.25, 0.3) is 0 Å². The Morgan fingerprint density at radius 3 is 2.76 bits per heavy atom. The quantitative estimate of drug-likeness (QED) is 0.849. The molecule has 1 aliphatic rings. The zero-order valence-corrected chi connectivity index (χ0v) is 10.7. The second kappa shape index (κ2) is 5.76. The molecule has 0 saturated carbocycles. The maximum atomic E-state index is 5.59. The molecule has 1 N–H and O–H groups in total. The van der Waals surface area contributed by atoms with E-state index in [2.05, 4.69) is 42.6 Å². The van der Waals surface area contributed by atoms with E-state index in [1.54, 1.807) is 0 Å². The van der Waals surface area contributed by atoms with Crippen molar-refractivity contribution in [1.82, 2.24) is 0 Å². The van der Waals surface area contributed by atoms with Crippen LogP contribution in [0.2, 0.25) is 0 Å². The van der Waals surface area contributed by atoms with Crippen LogP contribution in [0.15, 0.2) is 36.1 Å². The lowest BCUT2D eigenvalue weighted by Gasteiger charge is -2.23. The fourth-order valence-electron chi connectivity index (χ4n) is 2.17. The lowest BCUT2D eigenvalue weighted by molar-refractivity contribution is 0.209. The van der Waals surface area contributed by atoms with Gasteiger partial charge in [-0.2, -0.15) is 0 Å². The SMILES string of the molecule is CCOC1=CC(Nc2ccc(C)cc2)CCC1.